The summed E-state index contributed by atoms with van der Waals surface area (Å²) in [6, 6.07) is 2.81. The van der Waals surface area contributed by atoms with Gasteiger partial charge in [0.05, 0.1) is 6.04 Å². The summed E-state index contributed by atoms with van der Waals surface area (Å²) in [5, 5.41) is 0. The van der Waals surface area contributed by atoms with Gasteiger partial charge in [-0.05, 0) is 30.4 Å². The lowest BCUT2D eigenvalue weighted by Crippen LogP contribution is -2.37. The Kier molecular flexibility index (Phi) is 4.65. The van der Waals surface area contributed by atoms with E-state index in [9.17, 15) is 8.42 Å². The van der Waals surface area contributed by atoms with Gasteiger partial charge in [-0.2, -0.15) is 0 Å². The number of aromatic nitrogens is 3. The summed E-state index contributed by atoms with van der Waals surface area (Å²) < 4.78 is 28.3. The van der Waals surface area contributed by atoms with Crippen LogP contribution in [0.5, 0.6) is 0 Å². The Bertz CT molecular complexity index is 903. The van der Waals surface area contributed by atoms with Crippen molar-refractivity contribution >= 4 is 10.0 Å². The van der Waals surface area contributed by atoms with Crippen molar-refractivity contribution in [3.05, 3.63) is 47.8 Å². The molecule has 0 amide bonds. The number of pyridine rings is 1. The molecule has 6 nitrogen and oxygen atoms in total. The van der Waals surface area contributed by atoms with Gasteiger partial charge in [0.2, 0.25) is 10.0 Å². The van der Waals surface area contributed by atoms with Crippen molar-refractivity contribution in [3.63, 3.8) is 0 Å². The highest BCUT2D eigenvalue weighted by atomic mass is 32.2. The van der Waals surface area contributed by atoms with Crippen molar-refractivity contribution in [2.24, 2.45) is 5.41 Å². The zero-order valence-corrected chi connectivity index (χ0v) is 16.8. The van der Waals surface area contributed by atoms with E-state index in [1.54, 1.807) is 24.5 Å². The van der Waals surface area contributed by atoms with Crippen molar-refractivity contribution in [2.75, 3.05) is 0 Å². The first-order valence-corrected chi connectivity index (χ1v) is 10.2. The fourth-order valence-electron chi connectivity index (χ4n) is 3.28. The molecular weight excluding hydrogens is 348 g/mol. The average molecular weight is 375 g/mol. The number of rotatable bonds is 3. The minimum absolute atomic E-state index is 0.0569. The number of sulfonamides is 1. The lowest BCUT2D eigenvalue weighted by molar-refractivity contribution is 0.267. The zero-order valence-electron chi connectivity index (χ0n) is 15.9. The number of nitrogens with zero attached hydrogens (tertiary/aromatic N) is 3. The van der Waals surface area contributed by atoms with Crippen molar-refractivity contribution in [2.45, 2.75) is 63.8 Å². The molecular formula is C19H26N4O2S. The van der Waals surface area contributed by atoms with Crippen LogP contribution in [0.15, 0.2) is 35.6 Å². The number of hydrogen-bond donors (Lipinski definition) is 1. The Labute approximate surface area is 155 Å². The van der Waals surface area contributed by atoms with E-state index in [4.69, 9.17) is 4.98 Å². The minimum Gasteiger partial charge on any atom is -0.263 e. The van der Waals surface area contributed by atoms with Gasteiger partial charge >= 0.3 is 0 Å². The van der Waals surface area contributed by atoms with E-state index in [0.29, 0.717) is 6.42 Å². The van der Waals surface area contributed by atoms with Gasteiger partial charge < -0.3 is 0 Å². The summed E-state index contributed by atoms with van der Waals surface area (Å²) in [4.78, 5) is 13.4. The number of nitrogens with one attached hydrogen (secondary N) is 1. The van der Waals surface area contributed by atoms with E-state index < -0.39 is 10.0 Å². The maximum Gasteiger partial charge on any atom is 0.242 e. The molecule has 0 bridgehead atoms. The summed E-state index contributed by atoms with van der Waals surface area (Å²) in [6.45, 7) is 10.5. The quantitative estimate of drug-likeness (QED) is 0.892. The van der Waals surface area contributed by atoms with E-state index in [1.165, 1.54) is 6.20 Å². The molecule has 2 aromatic rings. The highest BCUT2D eigenvalue weighted by Crippen LogP contribution is 2.40. The van der Waals surface area contributed by atoms with Gasteiger partial charge in [0.25, 0.3) is 0 Å². The predicted octanol–water partition coefficient (Wildman–Crippen LogP) is 3.16. The van der Waals surface area contributed by atoms with Crippen LogP contribution in [0, 0.1) is 5.41 Å². The Hall–Kier alpha value is -1.86. The van der Waals surface area contributed by atoms with Crippen LogP contribution in [-0.4, -0.2) is 23.4 Å². The molecule has 1 N–H and O–H groups in total. The SMILES string of the molecule is CC1(C)Cc2nc(C(C)(C)C)ncc2C(NS(=O)(=O)c2cccnc2)C1. The molecule has 1 aliphatic rings. The molecule has 1 aliphatic carbocycles. The van der Waals surface area contributed by atoms with E-state index in [0.717, 1.165) is 23.5 Å². The maximum atomic E-state index is 12.8. The number of fused-ring (bicyclic) bond motifs is 1. The summed E-state index contributed by atoms with van der Waals surface area (Å²) in [5.41, 5.74) is 1.59. The Balaban J connectivity index is 1.99. The second kappa shape index (κ2) is 6.39. The Morgan fingerprint density at radius 1 is 1.23 bits per heavy atom. The second-order valence-corrected chi connectivity index (χ2v) is 10.5. The van der Waals surface area contributed by atoms with Gasteiger partial charge in [0.1, 0.15) is 10.7 Å². The normalized spacial score (nSPS) is 19.8. The zero-order chi connectivity index (χ0) is 19.2. The minimum atomic E-state index is -3.66. The number of hydrogen-bond acceptors (Lipinski definition) is 5. The van der Waals surface area contributed by atoms with Crippen LogP contribution in [0.2, 0.25) is 0 Å². The van der Waals surface area contributed by atoms with E-state index in [2.05, 4.69) is 49.3 Å². The molecule has 1 unspecified atom stereocenters. The molecule has 7 heteroatoms. The molecule has 0 aromatic carbocycles. The maximum absolute atomic E-state index is 12.8. The molecule has 0 saturated carbocycles. The molecule has 0 spiro atoms. The standard InChI is InChI=1S/C19H26N4O2S/c1-18(2,3)17-21-12-14-15(22-17)9-19(4,5)10-16(14)23-26(24,25)13-7-6-8-20-11-13/h6-8,11-12,16,23H,9-10H2,1-5H3. The van der Waals surface area contributed by atoms with Crippen LogP contribution in [-0.2, 0) is 21.9 Å². The average Bonchev–Trinajstić information content (AvgIpc) is 2.53. The summed E-state index contributed by atoms with van der Waals surface area (Å²) in [6.07, 6.45) is 6.20. The Morgan fingerprint density at radius 3 is 2.58 bits per heavy atom. The molecule has 2 heterocycles. The first kappa shape index (κ1) is 18.9. The monoisotopic (exact) mass is 374 g/mol. The fraction of sp³-hybridized carbons (Fsp3) is 0.526. The van der Waals surface area contributed by atoms with Crippen molar-refractivity contribution in [1.82, 2.24) is 19.7 Å². The van der Waals surface area contributed by atoms with Crippen molar-refractivity contribution in [1.29, 1.82) is 0 Å². The molecule has 1 atom stereocenters. The van der Waals surface area contributed by atoms with Gasteiger partial charge in [-0.25, -0.2) is 23.1 Å². The Morgan fingerprint density at radius 2 is 1.96 bits per heavy atom. The largest absolute Gasteiger partial charge is 0.263 e. The molecule has 26 heavy (non-hydrogen) atoms. The van der Waals surface area contributed by atoms with Crippen LogP contribution < -0.4 is 4.72 Å². The van der Waals surface area contributed by atoms with Crippen LogP contribution in [0.4, 0.5) is 0 Å². The molecule has 3 rings (SSSR count). The van der Waals surface area contributed by atoms with Gasteiger partial charge in [-0.1, -0.05) is 34.6 Å². The summed E-state index contributed by atoms with van der Waals surface area (Å²) in [7, 11) is -3.66. The molecule has 2 aromatic heterocycles. The van der Waals surface area contributed by atoms with Crippen LogP contribution in [0.25, 0.3) is 0 Å². The summed E-state index contributed by atoms with van der Waals surface area (Å²) in [5.74, 6) is 0.780. The molecule has 0 fully saturated rings. The van der Waals surface area contributed by atoms with Crippen molar-refractivity contribution in [3.8, 4) is 0 Å². The van der Waals surface area contributed by atoms with Gasteiger partial charge in [0.15, 0.2) is 0 Å². The van der Waals surface area contributed by atoms with Crippen LogP contribution in [0.1, 0.15) is 64.2 Å². The van der Waals surface area contributed by atoms with E-state index in [-0.39, 0.29) is 21.8 Å². The first-order chi connectivity index (χ1) is 12.0. The molecule has 140 valence electrons. The van der Waals surface area contributed by atoms with E-state index >= 15 is 0 Å². The highest BCUT2D eigenvalue weighted by molar-refractivity contribution is 7.89. The van der Waals surface area contributed by atoms with Crippen LogP contribution in [0.3, 0.4) is 0 Å². The summed E-state index contributed by atoms with van der Waals surface area (Å²) >= 11 is 0. The molecule has 0 radical (unpaired) electrons. The second-order valence-electron chi connectivity index (χ2n) is 8.75. The van der Waals surface area contributed by atoms with Crippen LogP contribution >= 0.6 is 0 Å². The van der Waals surface area contributed by atoms with Gasteiger partial charge in [-0.15, -0.1) is 0 Å². The topological polar surface area (TPSA) is 84.8 Å². The molecule has 0 saturated heterocycles. The van der Waals surface area contributed by atoms with Gasteiger partial charge in [-0.3, -0.25) is 4.98 Å². The third kappa shape index (κ3) is 3.94. The third-order valence-corrected chi connectivity index (χ3v) is 6.05. The third-order valence-electron chi connectivity index (χ3n) is 4.59. The lowest BCUT2D eigenvalue weighted by Gasteiger charge is -2.36. The highest BCUT2D eigenvalue weighted by Gasteiger charge is 2.36. The smallest absolute Gasteiger partial charge is 0.242 e. The van der Waals surface area contributed by atoms with E-state index in [1.807, 2.05) is 0 Å². The first-order valence-electron chi connectivity index (χ1n) is 8.77. The fourth-order valence-corrected chi connectivity index (χ4v) is 4.45. The van der Waals surface area contributed by atoms with Gasteiger partial charge in [0, 0.05) is 35.3 Å². The predicted molar refractivity (Wildman–Crippen MR) is 100 cm³/mol. The molecule has 0 aliphatic heterocycles. The van der Waals surface area contributed by atoms with Crippen molar-refractivity contribution < 1.29 is 8.42 Å². The lowest BCUT2D eigenvalue weighted by atomic mass is 9.74.